The van der Waals surface area contributed by atoms with E-state index >= 15 is 0 Å². The van der Waals surface area contributed by atoms with Crippen LogP contribution in [0.2, 0.25) is 51.9 Å². The first-order valence-corrected chi connectivity index (χ1v) is 26.1. The van der Waals surface area contributed by atoms with Gasteiger partial charge in [-0.1, -0.05) is 95.4 Å². The van der Waals surface area contributed by atoms with Crippen LogP contribution < -0.4 is 9.47 Å². The molecule has 7 heteroatoms. The summed E-state index contributed by atoms with van der Waals surface area (Å²) in [6.07, 6.45) is 15.1. The van der Waals surface area contributed by atoms with E-state index in [1.165, 1.54) is 75.3 Å². The van der Waals surface area contributed by atoms with Crippen LogP contribution in [-0.2, 0) is 8.23 Å². The fourth-order valence-corrected chi connectivity index (χ4v) is 18.0. The van der Waals surface area contributed by atoms with E-state index < -0.39 is 25.2 Å². The van der Waals surface area contributed by atoms with Gasteiger partial charge in [0.25, 0.3) is 0 Å². The number of hydrogen-bond donors (Lipinski definition) is 0. The van der Waals surface area contributed by atoms with Crippen molar-refractivity contribution in [3.63, 3.8) is 0 Å². The SMILES string of the molecule is CCCCCOc1ccc(-c2ccc(OCCCCCCCCCCC[Si](C)(O[Si](C)(C)C)O[Si](C)(C)C)cc2)cc1. The van der Waals surface area contributed by atoms with Gasteiger partial charge >= 0.3 is 8.56 Å². The molecule has 0 fully saturated rings. The standard InChI is InChI=1S/C35H62O4Si3/c1-9-10-18-29-36-34-25-21-32(22-26-34)33-23-27-35(28-24-33)37-30-19-16-14-12-11-13-15-17-20-31-42(8,38-40(2,3)4)39-41(5,6)7/h21-28H,9-20,29-31H2,1-8H3. The molecule has 0 amide bonds. The molecule has 0 N–H and O–H groups in total. The number of ether oxygens (including phenoxy) is 2. The Hall–Kier alpha value is -1.39. The minimum atomic E-state index is -2.06. The molecule has 2 aromatic rings. The zero-order valence-corrected chi connectivity index (χ0v) is 31.4. The summed E-state index contributed by atoms with van der Waals surface area (Å²) in [6.45, 7) is 19.9. The van der Waals surface area contributed by atoms with E-state index in [9.17, 15) is 0 Å². The van der Waals surface area contributed by atoms with E-state index in [2.05, 4.69) is 101 Å². The van der Waals surface area contributed by atoms with Gasteiger partial charge in [0.15, 0.2) is 16.6 Å². The van der Waals surface area contributed by atoms with E-state index in [0.717, 1.165) is 43.6 Å². The molecule has 42 heavy (non-hydrogen) atoms. The quantitative estimate of drug-likeness (QED) is 0.0904. The van der Waals surface area contributed by atoms with Crippen LogP contribution in [0.4, 0.5) is 0 Å². The van der Waals surface area contributed by atoms with E-state index in [4.69, 9.17) is 17.7 Å². The van der Waals surface area contributed by atoms with Gasteiger partial charge in [-0.05, 0) is 100 Å². The second-order valence-corrected chi connectivity index (χ2v) is 26.8. The molecule has 0 aromatic heterocycles. The normalized spacial score (nSPS) is 12.5. The van der Waals surface area contributed by atoms with Crippen LogP contribution >= 0.6 is 0 Å². The highest BCUT2D eigenvalue weighted by molar-refractivity contribution is 6.87. The first-order valence-electron chi connectivity index (χ1n) is 16.8. The number of benzene rings is 2. The highest BCUT2D eigenvalue weighted by atomic mass is 28.5. The molecule has 4 nitrogen and oxygen atoms in total. The zero-order valence-electron chi connectivity index (χ0n) is 28.4. The Balaban J connectivity index is 1.52. The molecule has 0 spiro atoms. The molecule has 0 aliphatic rings. The second-order valence-electron chi connectivity index (χ2n) is 13.9. The van der Waals surface area contributed by atoms with Gasteiger partial charge in [0, 0.05) is 0 Å². The van der Waals surface area contributed by atoms with Crippen LogP contribution in [0.1, 0.15) is 84.0 Å². The summed E-state index contributed by atoms with van der Waals surface area (Å²) >= 11 is 0. The lowest BCUT2D eigenvalue weighted by Gasteiger charge is -2.38. The summed E-state index contributed by atoms with van der Waals surface area (Å²) in [4.78, 5) is 0. The molecule has 2 aromatic carbocycles. The minimum absolute atomic E-state index is 0.797. The van der Waals surface area contributed by atoms with Crippen LogP contribution in [0.15, 0.2) is 48.5 Å². The van der Waals surface area contributed by atoms with Crippen LogP contribution in [0.3, 0.4) is 0 Å². The Morgan fingerprint density at radius 3 is 1.19 bits per heavy atom. The topological polar surface area (TPSA) is 36.9 Å². The first kappa shape index (κ1) is 36.8. The van der Waals surface area contributed by atoms with Crippen molar-refractivity contribution < 1.29 is 17.7 Å². The van der Waals surface area contributed by atoms with Crippen LogP contribution in [0.5, 0.6) is 11.5 Å². The average molecular weight is 631 g/mol. The van der Waals surface area contributed by atoms with Gasteiger partial charge in [-0.15, -0.1) is 0 Å². The molecule has 0 saturated heterocycles. The van der Waals surface area contributed by atoms with Gasteiger partial charge in [0.05, 0.1) is 13.2 Å². The Bertz CT molecular complexity index is 950. The predicted octanol–water partition coefficient (Wildman–Crippen LogP) is 11.6. The molecule has 0 heterocycles. The van der Waals surface area contributed by atoms with Gasteiger partial charge in [0.2, 0.25) is 0 Å². The van der Waals surface area contributed by atoms with Crippen molar-refractivity contribution >= 4 is 25.2 Å². The molecule has 0 bridgehead atoms. The number of rotatable bonds is 23. The van der Waals surface area contributed by atoms with Crippen molar-refractivity contribution in [2.24, 2.45) is 0 Å². The molecular formula is C35H62O4Si3. The Labute approximate surface area is 262 Å². The predicted molar refractivity (Wildman–Crippen MR) is 189 cm³/mol. The van der Waals surface area contributed by atoms with Gasteiger partial charge in [-0.3, -0.25) is 0 Å². The van der Waals surface area contributed by atoms with Gasteiger partial charge < -0.3 is 17.7 Å². The van der Waals surface area contributed by atoms with E-state index in [-0.39, 0.29) is 0 Å². The summed E-state index contributed by atoms with van der Waals surface area (Å²) in [5.41, 5.74) is 2.41. The highest BCUT2D eigenvalue weighted by Crippen LogP contribution is 2.27. The monoisotopic (exact) mass is 630 g/mol. The molecule has 0 aliphatic carbocycles. The Morgan fingerprint density at radius 2 is 0.810 bits per heavy atom. The van der Waals surface area contributed by atoms with Crippen LogP contribution in [0, 0.1) is 0 Å². The molecular weight excluding hydrogens is 569 g/mol. The third-order valence-electron chi connectivity index (χ3n) is 7.15. The summed E-state index contributed by atoms with van der Waals surface area (Å²) in [6, 6.07) is 18.0. The number of hydrogen-bond acceptors (Lipinski definition) is 4. The summed E-state index contributed by atoms with van der Waals surface area (Å²) < 4.78 is 25.1. The number of unbranched alkanes of at least 4 members (excludes halogenated alkanes) is 10. The van der Waals surface area contributed by atoms with Crippen molar-refractivity contribution in [3.05, 3.63) is 48.5 Å². The third kappa shape index (κ3) is 17.0. The van der Waals surface area contributed by atoms with Gasteiger partial charge in [-0.2, -0.15) is 0 Å². The van der Waals surface area contributed by atoms with Crippen molar-refractivity contribution in [2.45, 2.75) is 136 Å². The zero-order chi connectivity index (χ0) is 30.9. The lowest BCUT2D eigenvalue weighted by atomic mass is 10.1. The molecule has 0 radical (unpaired) electrons. The van der Waals surface area contributed by atoms with Gasteiger partial charge in [0.1, 0.15) is 11.5 Å². The fourth-order valence-electron chi connectivity index (χ4n) is 5.42. The van der Waals surface area contributed by atoms with Crippen molar-refractivity contribution in [1.29, 1.82) is 0 Å². The lowest BCUT2D eigenvalue weighted by molar-refractivity contribution is 0.304. The molecule has 0 aliphatic heterocycles. The van der Waals surface area contributed by atoms with Crippen LogP contribution in [-0.4, -0.2) is 38.4 Å². The van der Waals surface area contributed by atoms with E-state index in [1.54, 1.807) is 0 Å². The second kappa shape index (κ2) is 19.1. The maximum Gasteiger partial charge on any atom is 0.314 e. The summed E-state index contributed by atoms with van der Waals surface area (Å²) in [7, 11) is -5.23. The lowest BCUT2D eigenvalue weighted by Crippen LogP contribution is -2.52. The smallest absolute Gasteiger partial charge is 0.314 e. The molecule has 2 rings (SSSR count). The Kier molecular flexibility index (Phi) is 16.7. The summed E-state index contributed by atoms with van der Waals surface area (Å²) in [5, 5.41) is 0. The van der Waals surface area contributed by atoms with E-state index in [1.807, 2.05) is 0 Å². The largest absolute Gasteiger partial charge is 0.494 e. The summed E-state index contributed by atoms with van der Waals surface area (Å²) in [5.74, 6) is 1.91. The maximum atomic E-state index is 6.64. The highest BCUT2D eigenvalue weighted by Gasteiger charge is 2.39. The van der Waals surface area contributed by atoms with Crippen molar-refractivity contribution in [1.82, 2.24) is 0 Å². The molecule has 238 valence electrons. The fraction of sp³-hybridized carbons (Fsp3) is 0.657. The average Bonchev–Trinajstić information content (AvgIpc) is 2.90. The van der Waals surface area contributed by atoms with E-state index in [0.29, 0.717) is 0 Å². The van der Waals surface area contributed by atoms with Crippen molar-refractivity contribution in [3.8, 4) is 22.6 Å². The van der Waals surface area contributed by atoms with Crippen LogP contribution in [0.25, 0.3) is 11.1 Å². The molecule has 0 unspecified atom stereocenters. The van der Waals surface area contributed by atoms with Gasteiger partial charge in [-0.25, -0.2) is 0 Å². The molecule has 0 atom stereocenters. The third-order valence-corrected chi connectivity index (χ3v) is 16.8. The van der Waals surface area contributed by atoms with Crippen molar-refractivity contribution in [2.75, 3.05) is 13.2 Å². The maximum absolute atomic E-state index is 6.64. The Morgan fingerprint density at radius 1 is 0.452 bits per heavy atom. The molecule has 0 saturated carbocycles. The minimum Gasteiger partial charge on any atom is -0.494 e. The first-order chi connectivity index (χ1) is 19.9.